The van der Waals surface area contributed by atoms with Crippen molar-refractivity contribution in [3.05, 3.63) is 81.0 Å². The molecule has 1 aromatic heterocycles. The Bertz CT molecular complexity index is 980. The molecule has 0 N–H and O–H groups in total. The summed E-state index contributed by atoms with van der Waals surface area (Å²) in [5, 5.41) is 10.5. The lowest BCUT2D eigenvalue weighted by Crippen LogP contribution is -2.12. The smallest absolute Gasteiger partial charge is 0.191 e. The lowest BCUT2D eigenvalue weighted by atomic mass is 10.2. The monoisotopic (exact) mass is 497 g/mol. The highest BCUT2D eigenvalue weighted by Gasteiger charge is 2.20. The number of ether oxygens (including phenoxy) is 1. The zero-order valence-corrected chi connectivity index (χ0v) is 19.0. The topological polar surface area (TPSA) is 39.9 Å². The SMILES string of the molecule is C=CCn1c(SCc2cccc(Br)c2)nnc1C(C)Oc1ccc(Cl)cc1Cl. The third-order valence-corrected chi connectivity index (χ3v) is 5.94. The number of hydrogen-bond acceptors (Lipinski definition) is 4. The zero-order chi connectivity index (χ0) is 20.1. The predicted octanol–water partition coefficient (Wildman–Crippen LogP) is 6.97. The Kier molecular flexibility index (Phi) is 7.46. The first-order valence-electron chi connectivity index (χ1n) is 8.51. The Morgan fingerprint density at radius 2 is 2.07 bits per heavy atom. The molecule has 4 nitrogen and oxygen atoms in total. The first-order chi connectivity index (χ1) is 13.5. The molecule has 0 fully saturated rings. The Labute approximate surface area is 187 Å². The molecule has 0 aliphatic heterocycles. The van der Waals surface area contributed by atoms with E-state index < -0.39 is 0 Å². The van der Waals surface area contributed by atoms with E-state index in [1.54, 1.807) is 30.0 Å². The van der Waals surface area contributed by atoms with Gasteiger partial charge in [-0.1, -0.05) is 69.1 Å². The highest BCUT2D eigenvalue weighted by atomic mass is 79.9. The van der Waals surface area contributed by atoms with Crippen LogP contribution in [0.5, 0.6) is 5.75 Å². The molecule has 0 saturated carbocycles. The van der Waals surface area contributed by atoms with Gasteiger partial charge in [0.1, 0.15) is 5.75 Å². The van der Waals surface area contributed by atoms with Crippen molar-refractivity contribution < 1.29 is 4.74 Å². The summed E-state index contributed by atoms with van der Waals surface area (Å²) < 4.78 is 9.06. The lowest BCUT2D eigenvalue weighted by Gasteiger charge is -2.16. The van der Waals surface area contributed by atoms with E-state index in [-0.39, 0.29) is 6.10 Å². The quantitative estimate of drug-likeness (QED) is 0.248. The van der Waals surface area contributed by atoms with Crippen LogP contribution in [0.25, 0.3) is 0 Å². The largest absolute Gasteiger partial charge is 0.481 e. The number of allylic oxidation sites excluding steroid dienone is 1. The standard InChI is InChI=1S/C20H18BrCl2N3OS/c1-3-9-26-19(13(2)27-18-8-7-16(22)11-17(18)23)24-25-20(26)28-12-14-5-4-6-15(21)10-14/h3-8,10-11,13H,1,9,12H2,2H3. The maximum atomic E-state index is 6.22. The fraction of sp³-hybridized carbons (Fsp3) is 0.200. The van der Waals surface area contributed by atoms with Gasteiger partial charge in [0.2, 0.25) is 0 Å². The molecule has 8 heteroatoms. The van der Waals surface area contributed by atoms with Crippen molar-refractivity contribution >= 4 is 50.9 Å². The highest BCUT2D eigenvalue weighted by Crippen LogP contribution is 2.32. The van der Waals surface area contributed by atoms with Crippen LogP contribution in [-0.4, -0.2) is 14.8 Å². The minimum Gasteiger partial charge on any atom is -0.481 e. The molecule has 0 bridgehead atoms. The second-order valence-corrected chi connectivity index (χ2v) is 8.70. The molecule has 146 valence electrons. The van der Waals surface area contributed by atoms with Gasteiger partial charge in [0, 0.05) is 21.8 Å². The second kappa shape index (κ2) is 9.83. The van der Waals surface area contributed by atoms with E-state index in [1.165, 1.54) is 5.56 Å². The van der Waals surface area contributed by atoms with Gasteiger partial charge in [-0.2, -0.15) is 0 Å². The number of aromatic nitrogens is 3. The van der Waals surface area contributed by atoms with Gasteiger partial charge in [-0.25, -0.2) is 0 Å². The van der Waals surface area contributed by atoms with Crippen molar-refractivity contribution in [1.82, 2.24) is 14.8 Å². The second-order valence-electron chi connectivity index (χ2n) is 5.99. The molecule has 0 spiro atoms. The summed E-state index contributed by atoms with van der Waals surface area (Å²) in [6.07, 6.45) is 1.48. The van der Waals surface area contributed by atoms with Gasteiger partial charge >= 0.3 is 0 Å². The molecule has 0 amide bonds. The van der Waals surface area contributed by atoms with Crippen LogP contribution in [0, 0.1) is 0 Å². The van der Waals surface area contributed by atoms with Crippen molar-refractivity contribution in [2.75, 3.05) is 0 Å². The van der Waals surface area contributed by atoms with Gasteiger partial charge in [0.15, 0.2) is 17.1 Å². The summed E-state index contributed by atoms with van der Waals surface area (Å²) in [5.74, 6) is 2.05. The summed E-state index contributed by atoms with van der Waals surface area (Å²) >= 11 is 17.3. The van der Waals surface area contributed by atoms with E-state index >= 15 is 0 Å². The van der Waals surface area contributed by atoms with Gasteiger partial charge in [-0.05, 0) is 42.8 Å². The van der Waals surface area contributed by atoms with Crippen LogP contribution in [-0.2, 0) is 12.3 Å². The fourth-order valence-corrected chi connectivity index (χ4v) is 4.39. The molecule has 0 aliphatic rings. The van der Waals surface area contributed by atoms with Crippen molar-refractivity contribution in [1.29, 1.82) is 0 Å². The summed E-state index contributed by atoms with van der Waals surface area (Å²) in [5.41, 5.74) is 1.20. The predicted molar refractivity (Wildman–Crippen MR) is 119 cm³/mol. The molecule has 3 rings (SSSR count). The summed E-state index contributed by atoms with van der Waals surface area (Å²) in [6, 6.07) is 13.3. The van der Waals surface area contributed by atoms with E-state index in [0.29, 0.717) is 28.2 Å². The molecular formula is C20H18BrCl2N3OS. The third-order valence-electron chi connectivity index (χ3n) is 3.88. The van der Waals surface area contributed by atoms with Crippen molar-refractivity contribution in [3.8, 4) is 5.75 Å². The first kappa shape index (κ1) is 21.2. The van der Waals surface area contributed by atoms with Crippen LogP contribution >= 0.6 is 50.9 Å². The maximum absolute atomic E-state index is 6.22. The van der Waals surface area contributed by atoms with E-state index in [9.17, 15) is 0 Å². The number of rotatable bonds is 8. The number of benzene rings is 2. The fourth-order valence-electron chi connectivity index (χ4n) is 2.60. The molecule has 2 aromatic carbocycles. The normalized spacial score (nSPS) is 12.0. The summed E-state index contributed by atoms with van der Waals surface area (Å²) in [6.45, 7) is 6.35. The van der Waals surface area contributed by atoms with Crippen LogP contribution in [0.1, 0.15) is 24.4 Å². The summed E-state index contributed by atoms with van der Waals surface area (Å²) in [4.78, 5) is 0. The van der Waals surface area contributed by atoms with Crippen LogP contribution in [0.2, 0.25) is 10.0 Å². The van der Waals surface area contributed by atoms with Crippen LogP contribution in [0.4, 0.5) is 0 Å². The van der Waals surface area contributed by atoms with Gasteiger partial charge in [-0.3, -0.25) is 4.57 Å². The van der Waals surface area contributed by atoms with Gasteiger partial charge in [-0.15, -0.1) is 16.8 Å². The molecule has 0 aliphatic carbocycles. The van der Waals surface area contributed by atoms with Crippen molar-refractivity contribution in [3.63, 3.8) is 0 Å². The Balaban J connectivity index is 1.78. The van der Waals surface area contributed by atoms with E-state index in [1.807, 2.05) is 29.7 Å². The van der Waals surface area contributed by atoms with E-state index in [2.05, 4.69) is 44.8 Å². The molecule has 1 heterocycles. The van der Waals surface area contributed by atoms with Gasteiger partial charge in [0.25, 0.3) is 0 Å². The average Bonchev–Trinajstić information content (AvgIpc) is 3.05. The van der Waals surface area contributed by atoms with Crippen molar-refractivity contribution in [2.24, 2.45) is 0 Å². The van der Waals surface area contributed by atoms with Crippen LogP contribution < -0.4 is 4.74 Å². The summed E-state index contributed by atoms with van der Waals surface area (Å²) in [7, 11) is 0. The first-order valence-corrected chi connectivity index (χ1v) is 11.0. The van der Waals surface area contributed by atoms with Crippen LogP contribution in [0.3, 0.4) is 0 Å². The molecule has 1 atom stereocenters. The number of nitrogens with zero attached hydrogens (tertiary/aromatic N) is 3. The number of thioether (sulfide) groups is 1. The Morgan fingerprint density at radius 3 is 2.79 bits per heavy atom. The molecule has 0 saturated heterocycles. The molecule has 0 radical (unpaired) electrons. The third kappa shape index (κ3) is 5.32. The average molecular weight is 499 g/mol. The zero-order valence-electron chi connectivity index (χ0n) is 15.1. The van der Waals surface area contributed by atoms with E-state index in [0.717, 1.165) is 15.4 Å². The Morgan fingerprint density at radius 1 is 1.25 bits per heavy atom. The minimum atomic E-state index is -0.341. The molecule has 28 heavy (non-hydrogen) atoms. The van der Waals surface area contributed by atoms with E-state index in [4.69, 9.17) is 27.9 Å². The van der Waals surface area contributed by atoms with Gasteiger partial charge in [0.05, 0.1) is 5.02 Å². The maximum Gasteiger partial charge on any atom is 0.191 e. The highest BCUT2D eigenvalue weighted by molar-refractivity contribution is 9.10. The molecule has 3 aromatic rings. The van der Waals surface area contributed by atoms with Crippen molar-refractivity contribution in [2.45, 2.75) is 30.5 Å². The minimum absolute atomic E-state index is 0.341. The van der Waals surface area contributed by atoms with Crippen LogP contribution in [0.15, 0.2) is 64.7 Å². The lowest BCUT2D eigenvalue weighted by molar-refractivity contribution is 0.210. The molecular weight excluding hydrogens is 481 g/mol. The van der Waals surface area contributed by atoms with Gasteiger partial charge < -0.3 is 4.74 Å². The molecule has 1 unspecified atom stereocenters. The number of halogens is 3. The number of hydrogen-bond donors (Lipinski definition) is 0. The Hall–Kier alpha value is -1.47.